The van der Waals surface area contributed by atoms with Crippen molar-refractivity contribution in [2.24, 2.45) is 0 Å². The molecule has 5 nitrogen and oxygen atoms in total. The Hall–Kier alpha value is -2.47. The zero-order valence-electron chi connectivity index (χ0n) is 13.7. The van der Waals surface area contributed by atoms with Gasteiger partial charge in [0, 0.05) is 24.1 Å². The average molecular weight is 344 g/mol. The molecule has 0 fully saturated rings. The summed E-state index contributed by atoms with van der Waals surface area (Å²) in [6.45, 7) is 1.93. The number of ether oxygens (including phenoxy) is 1. The van der Waals surface area contributed by atoms with Crippen LogP contribution in [0, 0.1) is 0 Å². The number of hydrogen-bond donors (Lipinski definition) is 2. The van der Waals surface area contributed by atoms with Gasteiger partial charge in [-0.05, 0) is 42.0 Å². The van der Waals surface area contributed by atoms with Crippen molar-refractivity contribution >= 4 is 29.3 Å². The summed E-state index contributed by atoms with van der Waals surface area (Å²) in [7, 11) is 1.62. The van der Waals surface area contributed by atoms with Gasteiger partial charge in [-0.15, -0.1) is 11.8 Å². The summed E-state index contributed by atoms with van der Waals surface area (Å²) in [4.78, 5) is 23.9. The SMILES string of the molecule is COc1ccc(SCC(=O)NCc2ccc(NC(C)=O)cc2)cc1. The highest BCUT2D eigenvalue weighted by Gasteiger charge is 2.04. The Morgan fingerprint density at radius 3 is 2.29 bits per heavy atom. The van der Waals surface area contributed by atoms with Gasteiger partial charge in [-0.2, -0.15) is 0 Å². The first-order valence-electron chi connectivity index (χ1n) is 7.47. The van der Waals surface area contributed by atoms with Crippen LogP contribution in [0.15, 0.2) is 53.4 Å². The van der Waals surface area contributed by atoms with Crippen LogP contribution in [-0.4, -0.2) is 24.7 Å². The normalized spacial score (nSPS) is 10.1. The number of thioether (sulfide) groups is 1. The molecule has 0 radical (unpaired) electrons. The van der Waals surface area contributed by atoms with Crippen LogP contribution in [0.4, 0.5) is 5.69 Å². The van der Waals surface area contributed by atoms with Crippen molar-refractivity contribution in [2.45, 2.75) is 18.4 Å². The van der Waals surface area contributed by atoms with E-state index in [4.69, 9.17) is 4.74 Å². The van der Waals surface area contributed by atoms with Crippen LogP contribution in [0.1, 0.15) is 12.5 Å². The number of carbonyl (C=O) groups is 2. The fourth-order valence-electron chi connectivity index (χ4n) is 1.98. The third kappa shape index (κ3) is 5.96. The molecule has 0 bridgehead atoms. The summed E-state index contributed by atoms with van der Waals surface area (Å²) in [5, 5.41) is 5.59. The maximum absolute atomic E-state index is 11.9. The van der Waals surface area contributed by atoms with Crippen LogP contribution < -0.4 is 15.4 Å². The highest BCUT2D eigenvalue weighted by atomic mass is 32.2. The van der Waals surface area contributed by atoms with Crippen molar-refractivity contribution in [1.29, 1.82) is 0 Å². The molecule has 2 amide bonds. The van der Waals surface area contributed by atoms with Crippen molar-refractivity contribution in [3.8, 4) is 5.75 Å². The predicted molar refractivity (Wildman–Crippen MR) is 96.3 cm³/mol. The fourth-order valence-corrected chi connectivity index (χ4v) is 2.71. The fraction of sp³-hybridized carbons (Fsp3) is 0.222. The lowest BCUT2D eigenvalue weighted by Gasteiger charge is -2.07. The minimum Gasteiger partial charge on any atom is -0.497 e. The molecular formula is C18H20N2O3S. The average Bonchev–Trinajstić information content (AvgIpc) is 2.59. The molecule has 0 atom stereocenters. The highest BCUT2D eigenvalue weighted by molar-refractivity contribution is 8.00. The Kier molecular flexibility index (Phi) is 6.69. The molecule has 126 valence electrons. The summed E-state index contributed by atoms with van der Waals surface area (Å²) >= 11 is 1.48. The van der Waals surface area contributed by atoms with Crippen molar-refractivity contribution in [3.63, 3.8) is 0 Å². The standard InChI is InChI=1S/C18H20N2O3S/c1-13(21)20-15-5-3-14(4-6-15)11-19-18(22)12-24-17-9-7-16(23-2)8-10-17/h3-10H,11-12H2,1-2H3,(H,19,22)(H,20,21). The van der Waals surface area contributed by atoms with Gasteiger partial charge in [0.05, 0.1) is 12.9 Å². The minimum atomic E-state index is -0.105. The third-order valence-electron chi connectivity index (χ3n) is 3.19. The lowest BCUT2D eigenvalue weighted by Crippen LogP contribution is -2.24. The van der Waals surface area contributed by atoms with E-state index < -0.39 is 0 Å². The van der Waals surface area contributed by atoms with Gasteiger partial charge in [-0.3, -0.25) is 9.59 Å². The molecule has 0 saturated carbocycles. The molecule has 2 N–H and O–H groups in total. The summed E-state index contributed by atoms with van der Waals surface area (Å²) in [6.07, 6.45) is 0. The van der Waals surface area contributed by atoms with E-state index in [9.17, 15) is 9.59 Å². The number of carbonyl (C=O) groups excluding carboxylic acids is 2. The second-order valence-electron chi connectivity index (χ2n) is 5.12. The molecule has 6 heteroatoms. The molecule has 0 aromatic heterocycles. The molecule has 0 aliphatic heterocycles. The first-order valence-corrected chi connectivity index (χ1v) is 8.45. The maximum atomic E-state index is 11.9. The van der Waals surface area contributed by atoms with E-state index in [1.807, 2.05) is 48.5 Å². The Labute approximate surface area is 145 Å². The van der Waals surface area contributed by atoms with Gasteiger partial charge in [0.2, 0.25) is 11.8 Å². The van der Waals surface area contributed by atoms with E-state index in [2.05, 4.69) is 10.6 Å². The van der Waals surface area contributed by atoms with Crippen molar-refractivity contribution in [3.05, 3.63) is 54.1 Å². The van der Waals surface area contributed by atoms with Crippen LogP contribution in [0.25, 0.3) is 0 Å². The topological polar surface area (TPSA) is 67.4 Å². The van der Waals surface area contributed by atoms with Gasteiger partial charge >= 0.3 is 0 Å². The van der Waals surface area contributed by atoms with E-state index in [0.717, 1.165) is 21.9 Å². The van der Waals surface area contributed by atoms with E-state index in [0.29, 0.717) is 12.3 Å². The molecule has 0 saturated heterocycles. The van der Waals surface area contributed by atoms with Crippen LogP contribution in [0.5, 0.6) is 5.75 Å². The van der Waals surface area contributed by atoms with Crippen LogP contribution in [0.2, 0.25) is 0 Å². The molecule has 0 unspecified atom stereocenters. The Morgan fingerprint density at radius 1 is 1.04 bits per heavy atom. The molecule has 0 spiro atoms. The second kappa shape index (κ2) is 8.98. The van der Waals surface area contributed by atoms with E-state index in [1.54, 1.807) is 7.11 Å². The zero-order chi connectivity index (χ0) is 17.4. The van der Waals surface area contributed by atoms with Gasteiger partial charge in [0.25, 0.3) is 0 Å². The van der Waals surface area contributed by atoms with Crippen LogP contribution >= 0.6 is 11.8 Å². The maximum Gasteiger partial charge on any atom is 0.230 e. The van der Waals surface area contributed by atoms with E-state index in [1.165, 1.54) is 18.7 Å². The van der Waals surface area contributed by atoms with Crippen molar-refractivity contribution < 1.29 is 14.3 Å². The first kappa shape index (κ1) is 17.9. The first-order chi connectivity index (χ1) is 11.6. The van der Waals surface area contributed by atoms with Crippen LogP contribution in [-0.2, 0) is 16.1 Å². The molecular weight excluding hydrogens is 324 g/mol. The Bertz CT molecular complexity index is 684. The summed E-state index contributed by atoms with van der Waals surface area (Å²) in [5.74, 6) is 1.02. The number of anilines is 1. The molecule has 2 aromatic carbocycles. The van der Waals surface area contributed by atoms with E-state index in [-0.39, 0.29) is 11.8 Å². The van der Waals surface area contributed by atoms with Gasteiger partial charge in [-0.25, -0.2) is 0 Å². The lowest BCUT2D eigenvalue weighted by atomic mass is 10.2. The molecule has 24 heavy (non-hydrogen) atoms. The number of hydrogen-bond acceptors (Lipinski definition) is 4. The second-order valence-corrected chi connectivity index (χ2v) is 6.17. The molecule has 0 aliphatic carbocycles. The molecule has 0 heterocycles. The Morgan fingerprint density at radius 2 is 1.71 bits per heavy atom. The van der Waals surface area contributed by atoms with Gasteiger partial charge in [0.15, 0.2) is 0 Å². The number of nitrogens with one attached hydrogen (secondary N) is 2. The molecule has 2 aromatic rings. The van der Waals surface area contributed by atoms with Gasteiger partial charge in [-0.1, -0.05) is 12.1 Å². The lowest BCUT2D eigenvalue weighted by molar-refractivity contribution is -0.118. The Balaban J connectivity index is 1.75. The summed E-state index contributed by atoms with van der Waals surface area (Å²) in [5.41, 5.74) is 1.72. The van der Waals surface area contributed by atoms with Gasteiger partial charge < -0.3 is 15.4 Å². The van der Waals surface area contributed by atoms with Crippen molar-refractivity contribution in [1.82, 2.24) is 5.32 Å². The smallest absolute Gasteiger partial charge is 0.230 e. The number of amides is 2. The highest BCUT2D eigenvalue weighted by Crippen LogP contribution is 2.21. The quantitative estimate of drug-likeness (QED) is 0.758. The number of methoxy groups -OCH3 is 1. The molecule has 2 rings (SSSR count). The number of rotatable bonds is 7. The van der Waals surface area contributed by atoms with Gasteiger partial charge in [0.1, 0.15) is 5.75 Å². The summed E-state index contributed by atoms with van der Waals surface area (Å²) < 4.78 is 5.10. The number of benzene rings is 2. The summed E-state index contributed by atoms with van der Waals surface area (Å²) in [6, 6.07) is 15.0. The zero-order valence-corrected chi connectivity index (χ0v) is 14.5. The van der Waals surface area contributed by atoms with Crippen molar-refractivity contribution in [2.75, 3.05) is 18.2 Å². The van der Waals surface area contributed by atoms with Crippen LogP contribution in [0.3, 0.4) is 0 Å². The molecule has 0 aliphatic rings. The largest absolute Gasteiger partial charge is 0.497 e. The minimum absolute atomic E-state index is 0.0262. The predicted octanol–water partition coefficient (Wildman–Crippen LogP) is 3.06. The monoisotopic (exact) mass is 344 g/mol. The third-order valence-corrected chi connectivity index (χ3v) is 4.21. The van der Waals surface area contributed by atoms with E-state index >= 15 is 0 Å².